The maximum absolute atomic E-state index is 15.3. The first-order chi connectivity index (χ1) is 37.4. The fourth-order valence-corrected chi connectivity index (χ4v) is 14.1. The van der Waals surface area contributed by atoms with E-state index in [4.69, 9.17) is 9.97 Å². The Balaban J connectivity index is 0.691. The SMILES string of the molecule is CC(C)n1cnc2cc(-c3ccc4c(c3)N(C3CC(N5CCCCC5)C3)C(=O)C43CCN(C(O)C4CCN(C(=O)C5CCC(CNc6cc(C7CCC(=O)NC7=O)ccn6)CC5)CC4)CC3)nc(Nc3ccccc3F)c21. The Labute approximate surface area is 450 Å². The number of imide groups is 1. The third kappa shape index (κ3) is 10.0. The number of hydrogen-bond donors (Lipinski definition) is 4. The van der Waals surface area contributed by atoms with Gasteiger partial charge in [0.05, 0.1) is 34.6 Å². The van der Waals surface area contributed by atoms with E-state index in [0.717, 1.165) is 110 Å². The molecule has 8 heterocycles. The Morgan fingerprint density at radius 1 is 0.857 bits per heavy atom. The fraction of sp³-hybridized carbons (Fsp3) is 0.550. The zero-order valence-corrected chi connectivity index (χ0v) is 44.6. The molecule has 77 heavy (non-hydrogen) atoms. The number of carbonyl (C=O) groups is 4. The predicted octanol–water partition coefficient (Wildman–Crippen LogP) is 8.65. The molecule has 2 aliphatic carbocycles. The molecular weight excluding hydrogens is 974 g/mol. The number of rotatable bonds is 13. The summed E-state index contributed by atoms with van der Waals surface area (Å²) in [5, 5.41) is 21.2. The fourth-order valence-electron chi connectivity index (χ4n) is 14.1. The van der Waals surface area contributed by atoms with Crippen molar-refractivity contribution in [2.45, 2.75) is 146 Å². The highest BCUT2D eigenvalue weighted by Gasteiger charge is 2.56. The van der Waals surface area contributed by atoms with Gasteiger partial charge in [-0.2, -0.15) is 0 Å². The maximum Gasteiger partial charge on any atom is 0.238 e. The average molecular weight is 1050 g/mol. The topological polar surface area (TPSA) is 181 Å². The molecule has 0 bridgehead atoms. The third-order valence-electron chi connectivity index (χ3n) is 18.8. The summed E-state index contributed by atoms with van der Waals surface area (Å²) in [4.78, 5) is 76.8. The van der Waals surface area contributed by atoms with Crippen molar-refractivity contribution >= 4 is 57.7 Å². The van der Waals surface area contributed by atoms with E-state index in [-0.39, 0.29) is 59.3 Å². The van der Waals surface area contributed by atoms with E-state index < -0.39 is 11.6 Å². The van der Waals surface area contributed by atoms with Crippen LogP contribution in [0.5, 0.6) is 0 Å². The normalized spacial score (nSPS) is 25.7. The molecule has 2 saturated carbocycles. The number of imidazole rings is 1. The van der Waals surface area contributed by atoms with Crippen LogP contribution in [0.1, 0.15) is 133 Å². The maximum atomic E-state index is 15.3. The predicted molar refractivity (Wildman–Crippen MR) is 294 cm³/mol. The molecule has 4 saturated heterocycles. The van der Waals surface area contributed by atoms with Crippen LogP contribution in [0.25, 0.3) is 22.3 Å². The van der Waals surface area contributed by atoms with E-state index in [9.17, 15) is 19.5 Å². The summed E-state index contributed by atoms with van der Waals surface area (Å²) < 4.78 is 17.2. The second-order valence-corrected chi connectivity index (χ2v) is 23.6. The van der Waals surface area contributed by atoms with Crippen LogP contribution >= 0.6 is 0 Å². The Morgan fingerprint density at radius 3 is 2.36 bits per heavy atom. The number of aliphatic hydroxyl groups excluding tert-OH is 1. The van der Waals surface area contributed by atoms with Crippen LogP contribution in [0.4, 0.5) is 27.4 Å². The number of piperidine rings is 4. The van der Waals surface area contributed by atoms with Gasteiger partial charge in [-0.25, -0.2) is 19.3 Å². The van der Waals surface area contributed by atoms with Gasteiger partial charge in [0.25, 0.3) is 0 Å². The number of anilines is 4. The summed E-state index contributed by atoms with van der Waals surface area (Å²) >= 11 is 0. The van der Waals surface area contributed by atoms with Gasteiger partial charge in [-0.15, -0.1) is 0 Å². The van der Waals surface area contributed by atoms with Gasteiger partial charge < -0.3 is 35.0 Å². The van der Waals surface area contributed by atoms with Crippen molar-refractivity contribution in [3.05, 3.63) is 90.1 Å². The van der Waals surface area contributed by atoms with E-state index in [2.05, 4.69) is 72.2 Å². The molecule has 2 atom stereocenters. The van der Waals surface area contributed by atoms with Gasteiger partial charge in [0.2, 0.25) is 23.6 Å². The average Bonchev–Trinajstić information content (AvgIpc) is 4.20. The van der Waals surface area contributed by atoms with E-state index in [1.54, 1.807) is 24.4 Å². The molecule has 2 unspecified atom stereocenters. The van der Waals surface area contributed by atoms with Crippen LogP contribution < -0.4 is 20.9 Å². The van der Waals surface area contributed by atoms with Gasteiger partial charge in [0, 0.05) is 86.6 Å². The highest BCUT2D eigenvalue weighted by Crippen LogP contribution is 2.53. The standard InChI is InChI=1S/C60H74FN11O5/c1-37(2)71-36-64-50-34-49(66-55(54(50)71)65-48-9-5-4-8-47(48)61)42-14-16-46-51(30-42)72(44-32-43(33-44)68-24-6-3-7-25-68)59(77)60(46)21-28-70(29-22-60)58(76)40-19-26-69(27-20-40)57(75)39-12-10-38(11-13-39)35-63-52-31-41(18-23-62-52)45-15-17-53(73)67-56(45)74/h4-5,8-9,14,16,18,23,30-31,34,36-40,43-45,58,76H,3,6-7,10-13,15,17,19-22,24-29,32-33,35H2,1-2H3,(H,62,63)(H,65,66)(H,67,73,74). The smallest absolute Gasteiger partial charge is 0.238 e. The van der Waals surface area contributed by atoms with Gasteiger partial charge >= 0.3 is 0 Å². The molecule has 16 nitrogen and oxygen atoms in total. The van der Waals surface area contributed by atoms with E-state index >= 15 is 9.18 Å². The molecule has 2 aromatic carbocycles. The van der Waals surface area contributed by atoms with Gasteiger partial charge in [0.1, 0.15) is 23.4 Å². The summed E-state index contributed by atoms with van der Waals surface area (Å²) in [6.45, 7) is 9.65. The van der Waals surface area contributed by atoms with Crippen molar-refractivity contribution in [2.75, 3.05) is 61.3 Å². The van der Waals surface area contributed by atoms with Crippen LogP contribution in [0.3, 0.4) is 0 Å². The monoisotopic (exact) mass is 1050 g/mol. The molecule has 1 spiro atoms. The number of benzene rings is 2. The second kappa shape index (κ2) is 21.5. The summed E-state index contributed by atoms with van der Waals surface area (Å²) in [6.07, 6.45) is 15.7. The van der Waals surface area contributed by atoms with Crippen LogP contribution in [-0.4, -0.2) is 127 Å². The molecule has 17 heteroatoms. The Hall–Kier alpha value is -6.30. The Bertz CT molecular complexity index is 3020. The number of likely N-dealkylation sites (tertiary alicyclic amines) is 3. The van der Waals surface area contributed by atoms with Crippen molar-refractivity contribution in [2.24, 2.45) is 17.8 Å². The summed E-state index contributed by atoms with van der Waals surface area (Å²) in [6, 6.07) is 19.4. The number of carbonyl (C=O) groups excluding carboxylic acids is 4. The zero-order valence-electron chi connectivity index (χ0n) is 44.6. The van der Waals surface area contributed by atoms with E-state index in [1.807, 2.05) is 29.4 Å². The van der Waals surface area contributed by atoms with E-state index in [1.165, 1.54) is 25.3 Å². The molecular formula is C60H74FN11O5. The Kier molecular flexibility index (Phi) is 14.4. The van der Waals surface area contributed by atoms with Crippen molar-refractivity contribution in [3.63, 3.8) is 0 Å². The first-order valence-electron chi connectivity index (χ1n) is 28.8. The molecule has 4 N–H and O–H groups in total. The highest BCUT2D eigenvalue weighted by molar-refractivity contribution is 6.09. The minimum absolute atomic E-state index is 0.00704. The zero-order chi connectivity index (χ0) is 53.0. The lowest BCUT2D eigenvalue weighted by Crippen LogP contribution is -2.59. The molecule has 4 amide bonds. The minimum Gasteiger partial charge on any atom is -0.378 e. The van der Waals surface area contributed by atoms with Crippen LogP contribution in [0.2, 0.25) is 0 Å². The number of aliphatic hydroxyl groups is 1. The summed E-state index contributed by atoms with van der Waals surface area (Å²) in [7, 11) is 0. The van der Waals surface area contributed by atoms with Crippen molar-refractivity contribution < 1.29 is 28.7 Å². The number of nitrogens with zero attached hydrogens (tertiary/aromatic N) is 8. The second-order valence-electron chi connectivity index (χ2n) is 23.6. The molecule has 5 aliphatic heterocycles. The lowest BCUT2D eigenvalue weighted by Gasteiger charge is -2.48. The number of pyridine rings is 2. The summed E-state index contributed by atoms with van der Waals surface area (Å²) in [5.74, 6) is 0.902. The number of fused-ring (bicyclic) bond motifs is 3. The lowest BCUT2D eigenvalue weighted by atomic mass is 9.73. The molecule has 6 fully saturated rings. The number of halogens is 1. The largest absolute Gasteiger partial charge is 0.378 e. The van der Waals surface area contributed by atoms with Crippen LogP contribution in [-0.2, 0) is 24.6 Å². The molecule has 3 aromatic heterocycles. The van der Waals surface area contributed by atoms with E-state index in [0.29, 0.717) is 81.0 Å². The number of hydrogen-bond acceptors (Lipinski definition) is 12. The van der Waals surface area contributed by atoms with Crippen molar-refractivity contribution in [3.8, 4) is 11.3 Å². The molecule has 5 aromatic rings. The first kappa shape index (κ1) is 51.5. The van der Waals surface area contributed by atoms with Gasteiger partial charge in [0.15, 0.2) is 5.82 Å². The Morgan fingerprint density at radius 2 is 1.62 bits per heavy atom. The molecule has 12 rings (SSSR count). The quantitative estimate of drug-likeness (QED) is 0.0826. The van der Waals surface area contributed by atoms with Gasteiger partial charge in [-0.3, -0.25) is 29.4 Å². The number of aromatic nitrogens is 4. The van der Waals surface area contributed by atoms with Crippen molar-refractivity contribution in [1.82, 2.24) is 39.5 Å². The number of para-hydroxylation sites is 1. The molecule has 7 aliphatic rings. The highest BCUT2D eigenvalue weighted by atomic mass is 19.1. The van der Waals surface area contributed by atoms with Crippen LogP contribution in [0.15, 0.2) is 73.2 Å². The molecule has 406 valence electrons. The van der Waals surface area contributed by atoms with Gasteiger partial charge in [-0.1, -0.05) is 30.7 Å². The van der Waals surface area contributed by atoms with Crippen molar-refractivity contribution in [1.29, 1.82) is 0 Å². The third-order valence-corrected chi connectivity index (χ3v) is 18.8. The lowest BCUT2D eigenvalue weighted by molar-refractivity contribution is -0.140. The van der Waals surface area contributed by atoms with Gasteiger partial charge in [-0.05, 0) is 164 Å². The minimum atomic E-state index is -0.699. The van der Waals surface area contributed by atoms with Crippen LogP contribution in [0, 0.1) is 23.6 Å². The number of nitrogens with one attached hydrogen (secondary N) is 3. The number of amides is 4. The summed E-state index contributed by atoms with van der Waals surface area (Å²) in [5.41, 5.74) is 5.60. The first-order valence-corrected chi connectivity index (χ1v) is 28.8. The molecule has 0 radical (unpaired) electrons.